The maximum atomic E-state index is 13.3. The van der Waals surface area contributed by atoms with Gasteiger partial charge >= 0.3 is 6.18 Å². The summed E-state index contributed by atoms with van der Waals surface area (Å²) >= 11 is 0. The summed E-state index contributed by atoms with van der Waals surface area (Å²) < 4.78 is 47.3. The zero-order valence-corrected chi connectivity index (χ0v) is 26.7. The number of hydrogen-bond donors (Lipinski definition) is 1. The second-order valence-corrected chi connectivity index (χ2v) is 19.3. The predicted molar refractivity (Wildman–Crippen MR) is 161 cm³/mol. The fourth-order valence-corrected chi connectivity index (χ4v) is 8.03. The van der Waals surface area contributed by atoms with Crippen LogP contribution >= 0.6 is 0 Å². The van der Waals surface area contributed by atoms with Gasteiger partial charge in [0.2, 0.25) is 0 Å². The van der Waals surface area contributed by atoms with E-state index < -0.39 is 26.2 Å². The third-order valence-electron chi connectivity index (χ3n) is 10.3. The van der Waals surface area contributed by atoms with Crippen LogP contribution in [0.15, 0.2) is 30.3 Å². The Balaban J connectivity index is 1.73. The third-order valence-corrected chi connectivity index (χ3v) is 14.7. The number of allylic oxidation sites excluding steroid dienone is 2. The summed E-state index contributed by atoms with van der Waals surface area (Å²) in [6.07, 6.45) is 5.13. The molecule has 1 N–H and O–H groups in total. The van der Waals surface area contributed by atoms with Gasteiger partial charge in [0.05, 0.1) is 11.7 Å². The molecule has 1 aromatic heterocycles. The number of aliphatic hydroxyl groups excluding tert-OH is 1. The van der Waals surface area contributed by atoms with Gasteiger partial charge in [0, 0.05) is 22.5 Å². The second-order valence-electron chi connectivity index (χ2n) is 14.5. The topological polar surface area (TPSA) is 42.4 Å². The quantitative estimate of drug-likeness (QED) is 0.343. The van der Waals surface area contributed by atoms with E-state index in [2.05, 4.69) is 53.8 Å². The largest absolute Gasteiger partial charge is 0.416 e. The number of fused-ring (bicyclic) bond motifs is 1. The number of aliphatic hydroxyl groups is 1. The summed E-state index contributed by atoms with van der Waals surface area (Å²) in [5, 5.41) is 12.0. The lowest BCUT2D eigenvalue weighted by Crippen LogP contribution is -2.46. The normalized spacial score (nSPS) is 21.6. The second kappa shape index (κ2) is 10.6. The van der Waals surface area contributed by atoms with E-state index in [1.165, 1.54) is 37.0 Å². The lowest BCUT2D eigenvalue weighted by atomic mass is 9.59. The number of rotatable bonds is 6. The van der Waals surface area contributed by atoms with E-state index in [-0.39, 0.29) is 22.5 Å². The van der Waals surface area contributed by atoms with E-state index in [0.29, 0.717) is 5.56 Å². The third kappa shape index (κ3) is 5.71. The van der Waals surface area contributed by atoms with Crippen LogP contribution in [-0.4, -0.2) is 18.4 Å². The van der Waals surface area contributed by atoms with E-state index in [9.17, 15) is 18.3 Å². The van der Waals surface area contributed by atoms with Crippen molar-refractivity contribution < 1.29 is 22.7 Å². The van der Waals surface area contributed by atoms with Crippen LogP contribution in [0.4, 0.5) is 13.2 Å². The van der Waals surface area contributed by atoms with Crippen molar-refractivity contribution in [3.05, 3.63) is 69.5 Å². The molecule has 2 aromatic rings. The lowest BCUT2D eigenvalue weighted by molar-refractivity contribution is -0.137. The van der Waals surface area contributed by atoms with Crippen LogP contribution < -0.4 is 0 Å². The molecule has 0 amide bonds. The average molecular weight is 586 g/mol. The lowest BCUT2D eigenvalue weighted by Gasteiger charge is -2.51. The summed E-state index contributed by atoms with van der Waals surface area (Å²) in [6, 6.07) is 4.96. The van der Waals surface area contributed by atoms with Gasteiger partial charge in [-0.15, -0.1) is 0 Å². The molecular weight excluding hydrogens is 539 g/mol. The number of hydrogen-bond acceptors (Lipinski definition) is 3. The van der Waals surface area contributed by atoms with Gasteiger partial charge in [-0.05, 0) is 103 Å². The number of aromatic nitrogens is 1. The highest BCUT2D eigenvalue weighted by atomic mass is 28.4. The Bertz CT molecular complexity index is 1320. The number of halogens is 3. The van der Waals surface area contributed by atoms with Crippen LogP contribution in [0.1, 0.15) is 137 Å². The van der Waals surface area contributed by atoms with Gasteiger partial charge in [-0.1, -0.05) is 59.2 Å². The van der Waals surface area contributed by atoms with Crippen molar-refractivity contribution in [1.82, 2.24) is 4.98 Å². The molecule has 224 valence electrons. The molecule has 3 aliphatic rings. The molecule has 0 saturated heterocycles. The van der Waals surface area contributed by atoms with Crippen molar-refractivity contribution in [3.8, 4) is 0 Å². The first-order valence-electron chi connectivity index (χ1n) is 15.3. The number of pyridine rings is 1. The highest BCUT2D eigenvalue weighted by Gasteiger charge is 2.49. The molecule has 1 aromatic carbocycles. The highest BCUT2D eigenvalue weighted by molar-refractivity contribution is 6.74. The maximum absolute atomic E-state index is 13.3. The smallest absolute Gasteiger partial charge is 0.410 e. The standard InChI is InChI=1S/C34H46F3NO2Si/c1-21(2)30-29(31(39)23-13-15-24(16-14-23)34(35,36)37)27(22-11-8-9-12-22)28-25(38-30)19-33(17-10-18-33)20-26(28)40-41(6,7)32(3,4)5/h11,13-16,21,26,31,39H,8-10,12,17-20H2,1-7H3. The first kappa shape index (κ1) is 30.5. The Morgan fingerprint density at radius 3 is 2.20 bits per heavy atom. The Morgan fingerprint density at radius 2 is 1.71 bits per heavy atom. The average Bonchev–Trinajstić information content (AvgIpc) is 3.39. The van der Waals surface area contributed by atoms with E-state index in [0.717, 1.165) is 72.3 Å². The molecule has 41 heavy (non-hydrogen) atoms. The van der Waals surface area contributed by atoms with E-state index in [1.54, 1.807) is 0 Å². The number of benzene rings is 1. The van der Waals surface area contributed by atoms with Crippen molar-refractivity contribution in [1.29, 1.82) is 0 Å². The first-order valence-corrected chi connectivity index (χ1v) is 18.2. The highest BCUT2D eigenvalue weighted by Crippen LogP contribution is 2.58. The molecule has 1 saturated carbocycles. The Hall–Kier alpha value is -1.96. The summed E-state index contributed by atoms with van der Waals surface area (Å²) in [4.78, 5) is 5.34. The van der Waals surface area contributed by atoms with Gasteiger partial charge in [0.15, 0.2) is 8.32 Å². The molecule has 7 heteroatoms. The minimum Gasteiger partial charge on any atom is -0.410 e. The summed E-state index contributed by atoms with van der Waals surface area (Å²) in [5.41, 5.74) is 6.07. The van der Waals surface area contributed by atoms with Crippen molar-refractivity contribution in [2.75, 3.05) is 0 Å². The van der Waals surface area contributed by atoms with Gasteiger partial charge < -0.3 is 9.53 Å². The van der Waals surface area contributed by atoms with Crippen LogP contribution in [0.2, 0.25) is 18.1 Å². The van der Waals surface area contributed by atoms with E-state index in [1.807, 2.05) is 0 Å². The molecule has 2 unspecified atom stereocenters. The van der Waals surface area contributed by atoms with Crippen LogP contribution in [0, 0.1) is 5.41 Å². The monoisotopic (exact) mass is 585 g/mol. The molecule has 0 aliphatic heterocycles. The van der Waals surface area contributed by atoms with Gasteiger partial charge in [0.25, 0.3) is 0 Å². The van der Waals surface area contributed by atoms with Crippen LogP contribution in [0.3, 0.4) is 0 Å². The number of nitrogens with zero attached hydrogens (tertiary/aromatic N) is 1. The van der Waals surface area contributed by atoms with Gasteiger partial charge in [0.1, 0.15) is 6.10 Å². The Labute approximate surface area is 244 Å². The Morgan fingerprint density at radius 1 is 1.05 bits per heavy atom. The van der Waals surface area contributed by atoms with Crippen molar-refractivity contribution >= 4 is 13.9 Å². The van der Waals surface area contributed by atoms with Crippen LogP contribution in [-0.2, 0) is 17.0 Å². The van der Waals surface area contributed by atoms with Gasteiger partial charge in [-0.2, -0.15) is 13.2 Å². The van der Waals surface area contributed by atoms with Gasteiger partial charge in [-0.25, -0.2) is 0 Å². The fraction of sp³-hybridized carbons (Fsp3) is 0.618. The van der Waals surface area contributed by atoms with Crippen LogP contribution in [0.5, 0.6) is 0 Å². The number of alkyl halides is 3. The summed E-state index contributed by atoms with van der Waals surface area (Å²) in [5.74, 6) is 0.0409. The van der Waals surface area contributed by atoms with Crippen molar-refractivity contribution in [3.63, 3.8) is 0 Å². The minimum atomic E-state index is -4.43. The molecule has 1 spiro atoms. The Kier molecular flexibility index (Phi) is 7.91. The molecular formula is C34H46F3NO2Si. The summed E-state index contributed by atoms with van der Waals surface area (Å²) in [7, 11) is -2.16. The molecule has 1 heterocycles. The zero-order valence-electron chi connectivity index (χ0n) is 25.7. The van der Waals surface area contributed by atoms with Crippen molar-refractivity contribution in [2.45, 2.75) is 128 Å². The molecule has 1 fully saturated rings. The van der Waals surface area contributed by atoms with Crippen molar-refractivity contribution in [2.24, 2.45) is 5.41 Å². The minimum absolute atomic E-state index is 0.0397. The summed E-state index contributed by atoms with van der Waals surface area (Å²) in [6.45, 7) is 15.6. The molecule has 2 atom stereocenters. The molecule has 5 rings (SSSR count). The first-order chi connectivity index (χ1) is 19.0. The molecule has 0 bridgehead atoms. The fourth-order valence-electron chi connectivity index (χ4n) is 6.76. The van der Waals surface area contributed by atoms with E-state index in [4.69, 9.17) is 9.41 Å². The van der Waals surface area contributed by atoms with Crippen LogP contribution in [0.25, 0.3) is 5.57 Å². The molecule has 0 radical (unpaired) electrons. The van der Waals surface area contributed by atoms with E-state index >= 15 is 0 Å². The zero-order chi connectivity index (χ0) is 30.0. The molecule has 3 nitrogen and oxygen atoms in total. The van der Waals surface area contributed by atoms with Gasteiger partial charge in [-0.3, -0.25) is 4.98 Å². The predicted octanol–water partition coefficient (Wildman–Crippen LogP) is 10.1. The SMILES string of the molecule is CC(C)c1nc2c(c(C3=CCCC3)c1C(O)c1ccc(C(F)(F)F)cc1)C(O[Si](C)(C)C(C)(C)C)CC1(CCC1)C2. The molecule has 3 aliphatic carbocycles. The maximum Gasteiger partial charge on any atom is 0.416 e.